The van der Waals surface area contributed by atoms with E-state index in [0.717, 1.165) is 39.0 Å². The van der Waals surface area contributed by atoms with Gasteiger partial charge in [-0.05, 0) is 48.2 Å². The molecule has 26 heavy (non-hydrogen) atoms. The molecule has 4 rings (SSSR count). The monoisotopic (exact) mass is 370 g/mol. The summed E-state index contributed by atoms with van der Waals surface area (Å²) in [5, 5.41) is 0.661. The van der Waals surface area contributed by atoms with Crippen molar-refractivity contribution in [2.24, 2.45) is 0 Å². The van der Waals surface area contributed by atoms with Gasteiger partial charge in [0, 0.05) is 37.2 Å². The molecule has 4 nitrogen and oxygen atoms in total. The first-order valence-corrected chi connectivity index (χ1v) is 9.54. The van der Waals surface area contributed by atoms with Crippen LogP contribution in [0.1, 0.15) is 17.5 Å². The fourth-order valence-corrected chi connectivity index (χ4v) is 3.99. The molecule has 1 atom stereocenters. The van der Waals surface area contributed by atoms with Crippen LogP contribution in [0.15, 0.2) is 48.5 Å². The number of carbonyl (C=O) groups excluding carboxylic acids is 1. The second-order valence-electron chi connectivity index (χ2n) is 7.01. The maximum absolute atomic E-state index is 12.5. The minimum absolute atomic E-state index is 0.0554. The van der Waals surface area contributed by atoms with E-state index in [1.54, 1.807) is 24.3 Å². The molecule has 1 amide bonds. The molecule has 2 aliphatic rings. The number of nitrogens with zero attached hydrogens (tertiary/aromatic N) is 2. The van der Waals surface area contributed by atoms with E-state index < -0.39 is 0 Å². The second-order valence-corrected chi connectivity index (χ2v) is 7.45. The second kappa shape index (κ2) is 7.68. The van der Waals surface area contributed by atoms with Crippen molar-refractivity contribution < 1.29 is 9.53 Å². The quantitative estimate of drug-likeness (QED) is 0.827. The van der Waals surface area contributed by atoms with E-state index in [0.29, 0.717) is 16.8 Å². The Morgan fingerprint density at radius 1 is 1.08 bits per heavy atom. The van der Waals surface area contributed by atoms with Crippen LogP contribution >= 0.6 is 11.6 Å². The molecule has 2 aromatic carbocycles. The van der Waals surface area contributed by atoms with Gasteiger partial charge in [-0.2, -0.15) is 0 Å². The van der Waals surface area contributed by atoms with Crippen molar-refractivity contribution in [3.05, 3.63) is 64.7 Å². The van der Waals surface area contributed by atoms with Crippen LogP contribution in [-0.4, -0.2) is 48.0 Å². The number of hydrogen-bond donors (Lipinski definition) is 0. The molecule has 0 spiro atoms. The number of hydrogen-bond acceptors (Lipinski definition) is 3. The molecule has 0 N–H and O–H groups in total. The summed E-state index contributed by atoms with van der Waals surface area (Å²) < 4.78 is 5.60. The van der Waals surface area contributed by atoms with Gasteiger partial charge >= 0.3 is 0 Å². The van der Waals surface area contributed by atoms with E-state index in [1.165, 1.54) is 11.1 Å². The zero-order valence-electron chi connectivity index (χ0n) is 14.7. The Bertz CT molecular complexity index is 778. The van der Waals surface area contributed by atoms with Crippen molar-refractivity contribution in [3.63, 3.8) is 0 Å². The van der Waals surface area contributed by atoms with Gasteiger partial charge in [0.05, 0.1) is 0 Å². The van der Waals surface area contributed by atoms with Gasteiger partial charge in [-0.15, -0.1) is 0 Å². The van der Waals surface area contributed by atoms with E-state index >= 15 is 0 Å². The van der Waals surface area contributed by atoms with E-state index in [-0.39, 0.29) is 12.5 Å². The topological polar surface area (TPSA) is 32.8 Å². The van der Waals surface area contributed by atoms with Crippen molar-refractivity contribution in [2.45, 2.75) is 25.4 Å². The summed E-state index contributed by atoms with van der Waals surface area (Å²) in [5.41, 5.74) is 2.89. The summed E-state index contributed by atoms with van der Waals surface area (Å²) >= 11 is 5.86. The molecule has 2 heterocycles. The molecular weight excluding hydrogens is 348 g/mol. The highest BCUT2D eigenvalue weighted by molar-refractivity contribution is 6.30. The third-order valence-corrected chi connectivity index (χ3v) is 5.62. The average Bonchev–Trinajstić information content (AvgIpc) is 3.17. The summed E-state index contributed by atoms with van der Waals surface area (Å²) in [7, 11) is 0. The summed E-state index contributed by atoms with van der Waals surface area (Å²) in [6, 6.07) is 16.2. The predicted octanol–water partition coefficient (Wildman–Crippen LogP) is 3.38. The van der Waals surface area contributed by atoms with Crippen LogP contribution in [0.5, 0.6) is 5.75 Å². The smallest absolute Gasteiger partial charge is 0.260 e. The van der Waals surface area contributed by atoms with Gasteiger partial charge in [0.1, 0.15) is 5.75 Å². The zero-order chi connectivity index (χ0) is 17.9. The van der Waals surface area contributed by atoms with E-state index in [2.05, 4.69) is 29.2 Å². The van der Waals surface area contributed by atoms with E-state index in [1.807, 2.05) is 4.90 Å². The maximum atomic E-state index is 12.5. The molecule has 0 radical (unpaired) electrons. The molecule has 0 bridgehead atoms. The highest BCUT2D eigenvalue weighted by Gasteiger charge is 2.32. The summed E-state index contributed by atoms with van der Waals surface area (Å²) in [6.07, 6.45) is 2.13. The van der Waals surface area contributed by atoms with Gasteiger partial charge in [-0.1, -0.05) is 35.9 Å². The standard InChI is InChI=1S/C21H23ClN2O2/c22-18-5-7-20(8-6-18)26-15-21(25)24-12-10-19(14-24)23-11-9-16-3-1-2-4-17(16)13-23/h1-8,19H,9-15H2/t19-/m0/s1. The van der Waals surface area contributed by atoms with Gasteiger partial charge in [-0.25, -0.2) is 0 Å². The number of halogens is 1. The lowest BCUT2D eigenvalue weighted by atomic mass is 9.98. The predicted molar refractivity (Wildman–Crippen MR) is 102 cm³/mol. The van der Waals surface area contributed by atoms with Crippen LogP contribution in [0.4, 0.5) is 0 Å². The Hall–Kier alpha value is -2.04. The lowest BCUT2D eigenvalue weighted by Crippen LogP contribution is -2.42. The van der Waals surface area contributed by atoms with E-state index in [4.69, 9.17) is 16.3 Å². The van der Waals surface area contributed by atoms with E-state index in [9.17, 15) is 4.79 Å². The lowest BCUT2D eigenvalue weighted by Gasteiger charge is -2.33. The highest BCUT2D eigenvalue weighted by atomic mass is 35.5. The van der Waals surface area contributed by atoms with Gasteiger partial charge in [-0.3, -0.25) is 9.69 Å². The minimum Gasteiger partial charge on any atom is -0.484 e. The number of ether oxygens (including phenoxy) is 1. The van der Waals surface area contributed by atoms with Gasteiger partial charge in [0.15, 0.2) is 6.61 Å². The third kappa shape index (κ3) is 3.87. The molecule has 2 aromatic rings. The van der Waals surface area contributed by atoms with Crippen LogP contribution in [0, 0.1) is 0 Å². The van der Waals surface area contributed by atoms with Crippen molar-refractivity contribution >= 4 is 17.5 Å². The van der Waals surface area contributed by atoms with Gasteiger partial charge < -0.3 is 9.64 Å². The first-order chi connectivity index (χ1) is 12.7. The summed E-state index contributed by atoms with van der Waals surface area (Å²) in [5.74, 6) is 0.728. The van der Waals surface area contributed by atoms with Crippen LogP contribution in [0.25, 0.3) is 0 Å². The van der Waals surface area contributed by atoms with Crippen molar-refractivity contribution in [1.82, 2.24) is 9.80 Å². The zero-order valence-corrected chi connectivity index (χ0v) is 15.5. The minimum atomic E-state index is 0.0554. The van der Waals surface area contributed by atoms with Gasteiger partial charge in [0.25, 0.3) is 5.91 Å². The molecule has 2 aliphatic heterocycles. The Labute approximate surface area is 159 Å². The van der Waals surface area contributed by atoms with Crippen LogP contribution < -0.4 is 4.74 Å². The first-order valence-electron chi connectivity index (χ1n) is 9.16. The van der Waals surface area contributed by atoms with Gasteiger partial charge in [0.2, 0.25) is 0 Å². The number of rotatable bonds is 4. The molecule has 1 fully saturated rings. The Morgan fingerprint density at radius 2 is 1.85 bits per heavy atom. The first kappa shape index (κ1) is 17.4. The molecule has 0 aliphatic carbocycles. The number of benzene rings is 2. The number of carbonyl (C=O) groups is 1. The molecule has 0 aromatic heterocycles. The molecule has 1 saturated heterocycles. The van der Waals surface area contributed by atoms with Crippen molar-refractivity contribution in [2.75, 3.05) is 26.2 Å². The number of amides is 1. The molecule has 0 unspecified atom stereocenters. The third-order valence-electron chi connectivity index (χ3n) is 5.37. The highest BCUT2D eigenvalue weighted by Crippen LogP contribution is 2.24. The van der Waals surface area contributed by atoms with Crippen LogP contribution in [0.2, 0.25) is 5.02 Å². The molecule has 136 valence electrons. The normalized spacial score (nSPS) is 20.0. The maximum Gasteiger partial charge on any atom is 0.260 e. The summed E-state index contributed by atoms with van der Waals surface area (Å²) in [4.78, 5) is 16.9. The van der Waals surface area contributed by atoms with Crippen LogP contribution in [-0.2, 0) is 17.8 Å². The fraction of sp³-hybridized carbons (Fsp3) is 0.381. The lowest BCUT2D eigenvalue weighted by molar-refractivity contribution is -0.132. The van der Waals surface area contributed by atoms with Crippen LogP contribution in [0.3, 0.4) is 0 Å². The van der Waals surface area contributed by atoms with Crippen molar-refractivity contribution in [3.8, 4) is 5.75 Å². The molecule has 5 heteroatoms. The summed E-state index contributed by atoms with van der Waals surface area (Å²) in [6.45, 7) is 3.75. The molecule has 0 saturated carbocycles. The number of likely N-dealkylation sites (tertiary alicyclic amines) is 1. The largest absolute Gasteiger partial charge is 0.484 e. The SMILES string of the molecule is O=C(COc1ccc(Cl)cc1)N1CC[C@H](N2CCc3ccccc3C2)C1. The Balaban J connectivity index is 1.29. The number of fused-ring (bicyclic) bond motifs is 1. The van der Waals surface area contributed by atoms with Crippen molar-refractivity contribution in [1.29, 1.82) is 0 Å². The molecular formula is C21H23ClN2O2. The Morgan fingerprint density at radius 3 is 2.65 bits per heavy atom. The Kier molecular flexibility index (Phi) is 5.14. The fourth-order valence-electron chi connectivity index (χ4n) is 3.86. The average molecular weight is 371 g/mol.